The van der Waals surface area contributed by atoms with Gasteiger partial charge in [-0.05, 0) is 23.3 Å². The highest BCUT2D eigenvalue weighted by Gasteiger charge is 1.96. The summed E-state index contributed by atoms with van der Waals surface area (Å²) in [4.78, 5) is 0. The van der Waals surface area contributed by atoms with Crippen molar-refractivity contribution in [3.05, 3.63) is 95.4 Å². The van der Waals surface area contributed by atoms with Gasteiger partial charge in [0.05, 0.1) is 24.9 Å². The minimum absolute atomic E-state index is 0.596. The second-order valence-electron chi connectivity index (χ2n) is 5.04. The van der Waals surface area contributed by atoms with Crippen molar-refractivity contribution in [2.45, 2.75) is 0 Å². The quantitative estimate of drug-likeness (QED) is 0.494. The lowest BCUT2D eigenvalue weighted by Gasteiger charge is -1.88. The van der Waals surface area contributed by atoms with Crippen LogP contribution in [0.3, 0.4) is 0 Å². The minimum Gasteiger partial charge on any atom is -0.454 e. The maximum Gasteiger partial charge on any atom is 0.147 e. The molecule has 3 aromatic rings. The summed E-state index contributed by atoms with van der Waals surface area (Å²) >= 11 is 0. The molecule has 2 aromatic carbocycles. The Morgan fingerprint density at radius 3 is 1.32 bits per heavy atom. The Morgan fingerprint density at radius 1 is 0.480 bits per heavy atom. The van der Waals surface area contributed by atoms with Crippen molar-refractivity contribution in [3.63, 3.8) is 0 Å². The third-order valence-corrected chi connectivity index (χ3v) is 3.16. The highest BCUT2D eigenvalue weighted by atomic mass is 16.3. The van der Waals surface area contributed by atoms with Crippen molar-refractivity contribution < 1.29 is 4.42 Å². The summed E-state index contributed by atoms with van der Waals surface area (Å²) in [6.07, 6.45) is 6.45. The zero-order valence-corrected chi connectivity index (χ0v) is 13.4. The molecular formula is C20H16N4O. The van der Waals surface area contributed by atoms with Crippen LogP contribution in [0.25, 0.3) is 0 Å². The van der Waals surface area contributed by atoms with Gasteiger partial charge in [-0.1, -0.05) is 60.7 Å². The average molecular weight is 328 g/mol. The first-order chi connectivity index (χ1) is 12.4. The molecule has 0 amide bonds. The molecule has 0 unspecified atom stereocenters. The van der Waals surface area contributed by atoms with Crippen molar-refractivity contribution in [2.24, 2.45) is 20.4 Å². The molecule has 0 fully saturated rings. The van der Waals surface area contributed by atoms with Gasteiger partial charge < -0.3 is 4.42 Å². The third-order valence-electron chi connectivity index (χ3n) is 3.16. The lowest BCUT2D eigenvalue weighted by molar-refractivity contribution is 0.553. The first kappa shape index (κ1) is 16.3. The molecule has 0 radical (unpaired) electrons. The number of benzene rings is 2. The number of hydrogen-bond donors (Lipinski definition) is 0. The standard InChI is InChI=1S/C20H16N4O/c1-3-7-17(8-4-1)13-21-23-15-19-11-12-20(25-19)16-24-22-14-18-9-5-2-6-10-18/h1-16H/b21-13-,22-14-,23-15-,24-16-. The molecule has 0 bridgehead atoms. The van der Waals surface area contributed by atoms with E-state index < -0.39 is 0 Å². The number of rotatable bonds is 6. The van der Waals surface area contributed by atoms with Crippen molar-refractivity contribution in [2.75, 3.05) is 0 Å². The second-order valence-corrected chi connectivity index (χ2v) is 5.04. The van der Waals surface area contributed by atoms with Crippen LogP contribution < -0.4 is 0 Å². The van der Waals surface area contributed by atoms with E-state index in [0.29, 0.717) is 11.5 Å². The van der Waals surface area contributed by atoms with E-state index in [9.17, 15) is 0 Å². The molecule has 0 saturated carbocycles. The molecule has 0 atom stereocenters. The van der Waals surface area contributed by atoms with E-state index in [1.54, 1.807) is 37.0 Å². The Labute approximate surface area is 145 Å². The van der Waals surface area contributed by atoms with Gasteiger partial charge in [-0.25, -0.2) is 0 Å². The SMILES string of the molecule is C(=N/N=C\c1ccc(/C=N\N=C/c2ccccc2)o1)/c1ccccc1. The smallest absolute Gasteiger partial charge is 0.147 e. The second kappa shape index (κ2) is 8.88. The summed E-state index contributed by atoms with van der Waals surface area (Å²) in [6.45, 7) is 0. The molecule has 0 saturated heterocycles. The molecule has 1 aromatic heterocycles. The largest absolute Gasteiger partial charge is 0.454 e. The zero-order valence-electron chi connectivity index (χ0n) is 13.4. The van der Waals surface area contributed by atoms with E-state index in [1.807, 2.05) is 60.7 Å². The maximum absolute atomic E-state index is 5.54. The fourth-order valence-electron chi connectivity index (χ4n) is 1.97. The predicted octanol–water partition coefficient (Wildman–Crippen LogP) is 4.19. The highest BCUT2D eigenvalue weighted by molar-refractivity contribution is 5.83. The normalized spacial score (nSPS) is 12.2. The third kappa shape index (κ3) is 5.51. The Kier molecular flexibility index (Phi) is 5.78. The lowest BCUT2D eigenvalue weighted by atomic mass is 10.2. The molecule has 122 valence electrons. The van der Waals surface area contributed by atoms with Crippen LogP contribution in [0.2, 0.25) is 0 Å². The fraction of sp³-hybridized carbons (Fsp3) is 0. The molecule has 0 aliphatic heterocycles. The van der Waals surface area contributed by atoms with Crippen LogP contribution in [0.4, 0.5) is 0 Å². The molecule has 0 aliphatic carbocycles. The molecule has 5 heteroatoms. The van der Waals surface area contributed by atoms with Gasteiger partial charge in [0.1, 0.15) is 11.5 Å². The fourth-order valence-corrected chi connectivity index (χ4v) is 1.97. The monoisotopic (exact) mass is 328 g/mol. The van der Waals surface area contributed by atoms with Crippen molar-refractivity contribution >= 4 is 24.9 Å². The van der Waals surface area contributed by atoms with Crippen LogP contribution in [0, 0.1) is 0 Å². The van der Waals surface area contributed by atoms with E-state index in [1.165, 1.54) is 0 Å². The molecular weight excluding hydrogens is 312 g/mol. The van der Waals surface area contributed by atoms with E-state index >= 15 is 0 Å². The van der Waals surface area contributed by atoms with Crippen molar-refractivity contribution in [1.82, 2.24) is 0 Å². The Morgan fingerprint density at radius 2 is 0.880 bits per heavy atom. The Hall–Kier alpha value is -3.60. The van der Waals surface area contributed by atoms with Gasteiger partial charge >= 0.3 is 0 Å². The Balaban J connectivity index is 1.53. The van der Waals surface area contributed by atoms with E-state index in [-0.39, 0.29) is 0 Å². The van der Waals surface area contributed by atoms with Gasteiger partial charge in [0.25, 0.3) is 0 Å². The van der Waals surface area contributed by atoms with E-state index in [4.69, 9.17) is 4.42 Å². The van der Waals surface area contributed by atoms with Gasteiger partial charge in [0, 0.05) is 0 Å². The summed E-state index contributed by atoms with van der Waals surface area (Å²) in [5, 5.41) is 15.9. The molecule has 0 spiro atoms. The molecule has 5 nitrogen and oxygen atoms in total. The van der Waals surface area contributed by atoms with Crippen LogP contribution in [0.5, 0.6) is 0 Å². The number of hydrogen-bond acceptors (Lipinski definition) is 5. The number of nitrogens with zero attached hydrogens (tertiary/aromatic N) is 4. The molecule has 3 rings (SSSR count). The number of furan rings is 1. The first-order valence-corrected chi connectivity index (χ1v) is 7.73. The molecule has 0 aliphatic rings. The van der Waals surface area contributed by atoms with Gasteiger partial charge in [-0.2, -0.15) is 20.4 Å². The van der Waals surface area contributed by atoms with Crippen molar-refractivity contribution in [1.29, 1.82) is 0 Å². The van der Waals surface area contributed by atoms with Crippen LogP contribution in [0.15, 0.2) is 97.6 Å². The summed E-state index contributed by atoms with van der Waals surface area (Å²) < 4.78 is 5.54. The van der Waals surface area contributed by atoms with Gasteiger partial charge in [-0.15, -0.1) is 0 Å². The summed E-state index contributed by atoms with van der Waals surface area (Å²) in [6, 6.07) is 23.1. The van der Waals surface area contributed by atoms with Crippen LogP contribution in [-0.4, -0.2) is 24.9 Å². The van der Waals surface area contributed by atoms with Crippen molar-refractivity contribution in [3.8, 4) is 0 Å². The lowest BCUT2D eigenvalue weighted by Crippen LogP contribution is -1.79. The predicted molar refractivity (Wildman–Crippen MR) is 102 cm³/mol. The van der Waals surface area contributed by atoms with Gasteiger partial charge in [0.15, 0.2) is 0 Å². The topological polar surface area (TPSA) is 62.6 Å². The van der Waals surface area contributed by atoms with E-state index in [2.05, 4.69) is 20.4 Å². The average Bonchev–Trinajstić information content (AvgIpc) is 3.12. The van der Waals surface area contributed by atoms with Crippen LogP contribution >= 0.6 is 0 Å². The molecule has 1 heterocycles. The summed E-state index contributed by atoms with van der Waals surface area (Å²) in [5.74, 6) is 1.19. The van der Waals surface area contributed by atoms with Gasteiger partial charge in [-0.3, -0.25) is 0 Å². The minimum atomic E-state index is 0.596. The van der Waals surface area contributed by atoms with Gasteiger partial charge in [0.2, 0.25) is 0 Å². The highest BCUT2D eigenvalue weighted by Crippen LogP contribution is 2.03. The first-order valence-electron chi connectivity index (χ1n) is 7.73. The van der Waals surface area contributed by atoms with E-state index in [0.717, 1.165) is 11.1 Å². The summed E-state index contributed by atoms with van der Waals surface area (Å²) in [7, 11) is 0. The Bertz CT molecular complexity index is 820. The molecule has 0 N–H and O–H groups in total. The molecule has 25 heavy (non-hydrogen) atoms. The van der Waals surface area contributed by atoms with Crippen LogP contribution in [-0.2, 0) is 0 Å². The summed E-state index contributed by atoms with van der Waals surface area (Å²) in [5.41, 5.74) is 1.98. The zero-order chi connectivity index (χ0) is 17.2. The maximum atomic E-state index is 5.54. The van der Waals surface area contributed by atoms with Crippen LogP contribution in [0.1, 0.15) is 22.6 Å².